The lowest BCUT2D eigenvalue weighted by atomic mass is 9.91. The molecule has 218 valence electrons. The SMILES string of the molecule is COc1ccc(N(c2ccc(/C=C/c3ccc4c(C#N)c(C#N)c5ccc(C)cc5c4c3)cc2)c2cccc3ccccc23)cc1. The van der Waals surface area contributed by atoms with Gasteiger partial charge in [0.2, 0.25) is 0 Å². The summed E-state index contributed by atoms with van der Waals surface area (Å²) in [5, 5.41) is 25.7. The number of fused-ring (bicyclic) bond motifs is 4. The van der Waals surface area contributed by atoms with Gasteiger partial charge in [-0.25, -0.2) is 0 Å². The number of aryl methyl sites for hydroxylation is 1. The Hall–Kier alpha value is -6.36. The molecule has 0 saturated carbocycles. The molecule has 0 aliphatic carbocycles. The van der Waals surface area contributed by atoms with Crippen LogP contribution in [0.4, 0.5) is 17.1 Å². The van der Waals surface area contributed by atoms with Crippen LogP contribution in [0.5, 0.6) is 5.75 Å². The summed E-state index contributed by atoms with van der Waals surface area (Å²) in [7, 11) is 1.68. The third-order valence-corrected chi connectivity index (χ3v) is 8.48. The number of methoxy groups -OCH3 is 1. The fourth-order valence-electron chi connectivity index (χ4n) is 6.20. The summed E-state index contributed by atoms with van der Waals surface area (Å²) >= 11 is 0. The fraction of sp³-hybridized carbons (Fsp3) is 0.0476. The van der Waals surface area contributed by atoms with Crippen molar-refractivity contribution in [2.75, 3.05) is 12.0 Å². The molecule has 0 fully saturated rings. The Labute approximate surface area is 268 Å². The van der Waals surface area contributed by atoms with Crippen LogP contribution in [0.2, 0.25) is 0 Å². The van der Waals surface area contributed by atoms with Gasteiger partial charge in [0.1, 0.15) is 17.9 Å². The van der Waals surface area contributed by atoms with Crippen LogP contribution in [-0.4, -0.2) is 7.11 Å². The lowest BCUT2D eigenvalue weighted by Crippen LogP contribution is -2.10. The van der Waals surface area contributed by atoms with E-state index in [1.165, 1.54) is 10.8 Å². The molecule has 0 atom stereocenters. The Bertz CT molecular complexity index is 2370. The summed E-state index contributed by atoms with van der Waals surface area (Å²) in [4.78, 5) is 2.27. The molecular weight excluding hydrogens is 562 g/mol. The van der Waals surface area contributed by atoms with Gasteiger partial charge in [-0.2, -0.15) is 10.5 Å². The number of nitrogens with zero attached hydrogens (tertiary/aromatic N) is 3. The predicted molar refractivity (Wildman–Crippen MR) is 190 cm³/mol. The average Bonchev–Trinajstić information content (AvgIpc) is 3.11. The molecule has 0 saturated heterocycles. The van der Waals surface area contributed by atoms with E-state index >= 15 is 0 Å². The molecule has 0 radical (unpaired) electrons. The van der Waals surface area contributed by atoms with Gasteiger partial charge >= 0.3 is 0 Å². The van der Waals surface area contributed by atoms with Crippen molar-refractivity contribution >= 4 is 61.5 Å². The molecule has 7 aromatic rings. The molecule has 0 unspecified atom stereocenters. The Balaban J connectivity index is 1.27. The first-order valence-corrected chi connectivity index (χ1v) is 15.1. The normalized spacial score (nSPS) is 11.1. The van der Waals surface area contributed by atoms with Crippen LogP contribution >= 0.6 is 0 Å². The topological polar surface area (TPSA) is 60.0 Å². The number of ether oxygens (including phenoxy) is 1. The third kappa shape index (κ3) is 5.09. The van der Waals surface area contributed by atoms with E-state index in [-0.39, 0.29) is 0 Å². The quantitative estimate of drug-likeness (QED) is 0.143. The highest BCUT2D eigenvalue weighted by Crippen LogP contribution is 2.39. The van der Waals surface area contributed by atoms with Gasteiger partial charge in [-0.05, 0) is 82.7 Å². The highest BCUT2D eigenvalue weighted by Gasteiger charge is 2.16. The van der Waals surface area contributed by atoms with E-state index in [0.29, 0.717) is 11.1 Å². The third-order valence-electron chi connectivity index (χ3n) is 8.48. The van der Waals surface area contributed by atoms with Crippen LogP contribution in [0.15, 0.2) is 127 Å². The number of hydrogen-bond donors (Lipinski definition) is 0. The van der Waals surface area contributed by atoms with E-state index in [1.54, 1.807) is 7.11 Å². The Morgan fingerprint density at radius 1 is 0.565 bits per heavy atom. The van der Waals surface area contributed by atoms with E-state index < -0.39 is 0 Å². The molecule has 4 heteroatoms. The van der Waals surface area contributed by atoms with Crippen molar-refractivity contribution in [2.24, 2.45) is 0 Å². The second-order valence-corrected chi connectivity index (χ2v) is 11.3. The van der Waals surface area contributed by atoms with E-state index in [2.05, 4.69) is 120 Å². The smallest absolute Gasteiger partial charge is 0.119 e. The van der Waals surface area contributed by atoms with Crippen molar-refractivity contribution in [3.8, 4) is 17.9 Å². The molecule has 0 bridgehead atoms. The van der Waals surface area contributed by atoms with Crippen LogP contribution < -0.4 is 9.64 Å². The standard InChI is InChI=1S/C42H29N3O/c1-28-10-22-36-38(24-28)39-25-30(15-23-37(39)41(27-44)40(36)26-43)12-11-29-13-16-32(17-14-29)45(33-18-20-34(46-2)21-19-33)42-9-5-7-31-6-3-4-8-35(31)42/h3-25H,1-2H3/b12-11+. The second kappa shape index (κ2) is 12.0. The second-order valence-electron chi connectivity index (χ2n) is 11.3. The van der Waals surface area contributed by atoms with Crippen LogP contribution in [-0.2, 0) is 0 Å². The lowest BCUT2D eigenvalue weighted by Gasteiger charge is -2.27. The first-order chi connectivity index (χ1) is 22.6. The molecule has 0 aliphatic rings. The van der Waals surface area contributed by atoms with Gasteiger partial charge in [-0.15, -0.1) is 0 Å². The van der Waals surface area contributed by atoms with Gasteiger partial charge in [-0.3, -0.25) is 0 Å². The predicted octanol–water partition coefficient (Wildman–Crippen LogP) is 10.8. The van der Waals surface area contributed by atoms with Crippen molar-refractivity contribution in [1.82, 2.24) is 0 Å². The van der Waals surface area contributed by atoms with Crippen LogP contribution in [0.25, 0.3) is 44.5 Å². The first kappa shape index (κ1) is 28.4. The molecule has 7 rings (SSSR count). The first-order valence-electron chi connectivity index (χ1n) is 15.1. The number of anilines is 3. The van der Waals surface area contributed by atoms with Crippen molar-refractivity contribution in [3.05, 3.63) is 155 Å². The van der Waals surface area contributed by atoms with Crippen molar-refractivity contribution in [1.29, 1.82) is 10.5 Å². The maximum atomic E-state index is 9.94. The largest absolute Gasteiger partial charge is 0.497 e. The van der Waals surface area contributed by atoms with Gasteiger partial charge in [0, 0.05) is 27.5 Å². The highest BCUT2D eigenvalue weighted by molar-refractivity contribution is 6.13. The summed E-state index contributed by atoms with van der Waals surface area (Å²) in [6.07, 6.45) is 4.19. The van der Waals surface area contributed by atoms with Crippen molar-refractivity contribution < 1.29 is 4.74 Å². The molecule has 4 nitrogen and oxygen atoms in total. The molecule has 0 aliphatic heterocycles. The minimum Gasteiger partial charge on any atom is -0.497 e. The zero-order chi connectivity index (χ0) is 31.6. The molecule has 0 N–H and O–H groups in total. The minimum absolute atomic E-state index is 0.424. The zero-order valence-electron chi connectivity index (χ0n) is 25.5. The summed E-state index contributed by atoms with van der Waals surface area (Å²) in [5.41, 5.74) is 7.22. The highest BCUT2D eigenvalue weighted by atomic mass is 16.5. The molecule has 0 aromatic heterocycles. The molecule has 0 spiro atoms. The van der Waals surface area contributed by atoms with E-state index in [4.69, 9.17) is 4.74 Å². The van der Waals surface area contributed by atoms with Gasteiger partial charge in [0.05, 0.1) is 23.9 Å². The van der Waals surface area contributed by atoms with E-state index in [0.717, 1.165) is 61.0 Å². The monoisotopic (exact) mass is 591 g/mol. The summed E-state index contributed by atoms with van der Waals surface area (Å²) in [6, 6.07) is 48.1. The Kier molecular flexibility index (Phi) is 7.39. The zero-order valence-corrected chi connectivity index (χ0v) is 25.5. The van der Waals surface area contributed by atoms with Crippen LogP contribution in [0, 0.1) is 29.6 Å². The van der Waals surface area contributed by atoms with Crippen LogP contribution in [0.3, 0.4) is 0 Å². The van der Waals surface area contributed by atoms with E-state index in [1.807, 2.05) is 43.3 Å². The molecule has 0 amide bonds. The molecular formula is C42H29N3O. The van der Waals surface area contributed by atoms with Crippen LogP contribution in [0.1, 0.15) is 27.8 Å². The maximum absolute atomic E-state index is 9.94. The average molecular weight is 592 g/mol. The summed E-state index contributed by atoms with van der Waals surface area (Å²) < 4.78 is 5.43. The van der Waals surface area contributed by atoms with Gasteiger partial charge in [0.15, 0.2) is 0 Å². The lowest BCUT2D eigenvalue weighted by molar-refractivity contribution is 0.415. The Morgan fingerprint density at radius 2 is 1.15 bits per heavy atom. The van der Waals surface area contributed by atoms with Gasteiger partial charge in [0.25, 0.3) is 0 Å². The van der Waals surface area contributed by atoms with Crippen molar-refractivity contribution in [2.45, 2.75) is 6.92 Å². The number of rotatable bonds is 6. The van der Waals surface area contributed by atoms with E-state index in [9.17, 15) is 10.5 Å². The number of benzene rings is 7. The molecule has 46 heavy (non-hydrogen) atoms. The number of nitriles is 2. The maximum Gasteiger partial charge on any atom is 0.119 e. The summed E-state index contributed by atoms with van der Waals surface area (Å²) in [5.74, 6) is 0.813. The number of hydrogen-bond acceptors (Lipinski definition) is 4. The summed E-state index contributed by atoms with van der Waals surface area (Å²) in [6.45, 7) is 2.04. The minimum atomic E-state index is 0.424. The fourth-order valence-corrected chi connectivity index (χ4v) is 6.20. The molecule has 0 heterocycles. The van der Waals surface area contributed by atoms with Gasteiger partial charge in [-0.1, -0.05) is 96.6 Å². The molecule has 7 aromatic carbocycles. The van der Waals surface area contributed by atoms with Crippen molar-refractivity contribution in [3.63, 3.8) is 0 Å². The Morgan fingerprint density at radius 3 is 1.85 bits per heavy atom. The van der Waals surface area contributed by atoms with Gasteiger partial charge < -0.3 is 9.64 Å².